The molecule has 1 aromatic carbocycles. The van der Waals surface area contributed by atoms with E-state index in [1.165, 1.54) is 0 Å². The minimum atomic E-state index is -4.64. The average molecular weight is 291 g/mol. The van der Waals surface area contributed by atoms with E-state index in [4.69, 9.17) is 0 Å². The van der Waals surface area contributed by atoms with Crippen LogP contribution in [0.4, 0.5) is 22.4 Å². The number of imide groups is 1. The Kier molecular flexibility index (Phi) is 3.36. The number of hydrogen-bond donors (Lipinski definition) is 1. The van der Waals surface area contributed by atoms with Crippen molar-refractivity contribution in [2.45, 2.75) is 6.18 Å². The van der Waals surface area contributed by atoms with Gasteiger partial charge >= 0.3 is 6.18 Å². The van der Waals surface area contributed by atoms with Crippen molar-refractivity contribution in [2.24, 2.45) is 0 Å². The van der Waals surface area contributed by atoms with Gasteiger partial charge in [-0.3, -0.25) is 14.9 Å². The van der Waals surface area contributed by atoms with Gasteiger partial charge in [0.1, 0.15) is 5.82 Å². The van der Waals surface area contributed by atoms with Gasteiger partial charge in [0.2, 0.25) is 0 Å². The second kappa shape index (κ2) is 4.69. The van der Waals surface area contributed by atoms with Crippen LogP contribution in [0.2, 0.25) is 0 Å². The summed E-state index contributed by atoms with van der Waals surface area (Å²) in [5, 5.41) is 1.35. The Hall–Kier alpha value is -1.83. The maximum absolute atomic E-state index is 13.5. The summed E-state index contributed by atoms with van der Waals surface area (Å²) in [7, 11) is 0. The molecular formula is C11H5F4NO2S. The molecule has 0 spiro atoms. The van der Waals surface area contributed by atoms with Gasteiger partial charge in [-0.25, -0.2) is 4.39 Å². The topological polar surface area (TPSA) is 46.2 Å². The Morgan fingerprint density at radius 3 is 2.37 bits per heavy atom. The smallest absolute Gasteiger partial charge is 0.282 e. The Labute approximate surface area is 108 Å². The first-order chi connectivity index (χ1) is 8.77. The van der Waals surface area contributed by atoms with Crippen LogP contribution in [-0.2, 0) is 11.0 Å². The lowest BCUT2D eigenvalue weighted by molar-refractivity contribution is -0.137. The molecule has 2 rings (SSSR count). The fraction of sp³-hybridized carbons (Fsp3) is 0.0909. The summed E-state index contributed by atoms with van der Waals surface area (Å²) >= 11 is 0.560. The number of carbonyl (C=O) groups is 2. The van der Waals surface area contributed by atoms with Crippen molar-refractivity contribution < 1.29 is 27.2 Å². The molecule has 0 saturated carbocycles. The van der Waals surface area contributed by atoms with Crippen LogP contribution in [0.25, 0.3) is 6.08 Å². The van der Waals surface area contributed by atoms with Gasteiger partial charge in [-0.15, -0.1) is 0 Å². The molecule has 1 fully saturated rings. The molecule has 1 aliphatic heterocycles. The van der Waals surface area contributed by atoms with E-state index in [0.717, 1.165) is 12.1 Å². The van der Waals surface area contributed by atoms with E-state index in [1.807, 2.05) is 5.32 Å². The van der Waals surface area contributed by atoms with Crippen LogP contribution in [0.15, 0.2) is 23.1 Å². The first-order valence-corrected chi connectivity index (χ1v) is 5.70. The van der Waals surface area contributed by atoms with E-state index in [-0.39, 0.29) is 10.5 Å². The Bertz CT molecular complexity index is 595. The first kappa shape index (κ1) is 13.6. The number of alkyl halides is 3. The average Bonchev–Trinajstić information content (AvgIpc) is 2.59. The maximum atomic E-state index is 13.5. The number of benzene rings is 1. The van der Waals surface area contributed by atoms with Crippen molar-refractivity contribution in [2.75, 3.05) is 0 Å². The van der Waals surface area contributed by atoms with Gasteiger partial charge in [0, 0.05) is 5.56 Å². The zero-order valence-electron chi connectivity index (χ0n) is 9.05. The number of thioether (sulfide) groups is 1. The zero-order chi connectivity index (χ0) is 14.2. The van der Waals surface area contributed by atoms with Crippen LogP contribution < -0.4 is 5.32 Å². The molecule has 1 aromatic rings. The van der Waals surface area contributed by atoms with Crippen molar-refractivity contribution >= 4 is 29.0 Å². The van der Waals surface area contributed by atoms with Crippen molar-refractivity contribution in [1.82, 2.24) is 5.32 Å². The number of halogens is 4. The summed E-state index contributed by atoms with van der Waals surface area (Å²) in [6.45, 7) is 0. The highest BCUT2D eigenvalue weighted by Crippen LogP contribution is 2.31. The van der Waals surface area contributed by atoms with E-state index >= 15 is 0 Å². The van der Waals surface area contributed by atoms with E-state index in [0.29, 0.717) is 23.9 Å². The summed E-state index contributed by atoms with van der Waals surface area (Å²) in [6.07, 6.45) is -3.61. The summed E-state index contributed by atoms with van der Waals surface area (Å²) in [5.74, 6) is -1.82. The molecule has 3 nitrogen and oxygen atoms in total. The fourth-order valence-electron chi connectivity index (χ4n) is 1.38. The SMILES string of the molecule is O=C1NC(=O)/C(=C/c2ccc(C(F)(F)F)cc2F)S1. The molecular weight excluding hydrogens is 286 g/mol. The minimum absolute atomic E-state index is 0.0661. The first-order valence-electron chi connectivity index (χ1n) is 4.89. The van der Waals surface area contributed by atoms with Crippen molar-refractivity contribution in [3.05, 3.63) is 40.0 Å². The molecule has 100 valence electrons. The van der Waals surface area contributed by atoms with Crippen LogP contribution in [0, 0.1) is 5.82 Å². The number of hydrogen-bond acceptors (Lipinski definition) is 3. The molecule has 0 bridgehead atoms. The molecule has 0 aromatic heterocycles. The van der Waals surface area contributed by atoms with E-state index < -0.39 is 28.7 Å². The normalized spacial score (nSPS) is 18.0. The van der Waals surface area contributed by atoms with Gasteiger partial charge < -0.3 is 0 Å². The van der Waals surface area contributed by atoms with E-state index in [1.54, 1.807) is 0 Å². The number of carbonyl (C=O) groups excluding carboxylic acids is 2. The Morgan fingerprint density at radius 1 is 1.21 bits per heavy atom. The van der Waals surface area contributed by atoms with Crippen LogP contribution >= 0.6 is 11.8 Å². The molecule has 1 saturated heterocycles. The molecule has 0 unspecified atom stereocenters. The molecule has 19 heavy (non-hydrogen) atoms. The summed E-state index contributed by atoms with van der Waals surface area (Å²) in [5.41, 5.74) is -1.31. The molecule has 1 heterocycles. The quantitative estimate of drug-likeness (QED) is 0.638. The van der Waals surface area contributed by atoms with E-state index in [2.05, 4.69) is 0 Å². The van der Waals surface area contributed by atoms with Crippen molar-refractivity contribution in [1.29, 1.82) is 0 Å². The third-order valence-electron chi connectivity index (χ3n) is 2.26. The third kappa shape index (κ3) is 2.95. The summed E-state index contributed by atoms with van der Waals surface area (Å²) < 4.78 is 50.5. The second-order valence-electron chi connectivity index (χ2n) is 3.59. The lowest BCUT2D eigenvalue weighted by atomic mass is 10.1. The fourth-order valence-corrected chi connectivity index (χ4v) is 2.06. The standard InChI is InChI=1S/C11H5F4NO2S/c12-7-4-6(11(13,14)15)2-1-5(7)3-8-9(17)16-10(18)19-8/h1-4H,(H,16,17,18)/b8-3-. The lowest BCUT2D eigenvalue weighted by Crippen LogP contribution is -2.17. The largest absolute Gasteiger partial charge is 0.416 e. The Morgan fingerprint density at radius 2 is 1.89 bits per heavy atom. The van der Waals surface area contributed by atoms with Gasteiger partial charge in [-0.1, -0.05) is 6.07 Å². The maximum Gasteiger partial charge on any atom is 0.416 e. The highest BCUT2D eigenvalue weighted by atomic mass is 32.2. The van der Waals surface area contributed by atoms with Crippen LogP contribution in [0.5, 0.6) is 0 Å². The monoisotopic (exact) mass is 291 g/mol. The predicted molar refractivity (Wildman–Crippen MR) is 60.5 cm³/mol. The molecule has 1 aliphatic rings. The molecule has 0 radical (unpaired) electrons. The number of rotatable bonds is 1. The zero-order valence-corrected chi connectivity index (χ0v) is 9.86. The molecule has 0 aliphatic carbocycles. The summed E-state index contributed by atoms with van der Waals surface area (Å²) in [4.78, 5) is 22.0. The molecule has 1 N–H and O–H groups in total. The minimum Gasteiger partial charge on any atom is -0.282 e. The van der Waals surface area contributed by atoms with E-state index in [9.17, 15) is 27.2 Å². The van der Waals surface area contributed by atoms with Gasteiger partial charge in [-0.05, 0) is 30.0 Å². The van der Waals surface area contributed by atoms with Gasteiger partial charge in [0.15, 0.2) is 0 Å². The highest BCUT2D eigenvalue weighted by Gasteiger charge is 2.31. The molecule has 0 atom stereocenters. The van der Waals surface area contributed by atoms with Crippen LogP contribution in [0.1, 0.15) is 11.1 Å². The van der Waals surface area contributed by atoms with Crippen LogP contribution in [-0.4, -0.2) is 11.1 Å². The Balaban J connectivity index is 2.35. The van der Waals surface area contributed by atoms with Gasteiger partial charge in [0.05, 0.1) is 10.5 Å². The lowest BCUT2D eigenvalue weighted by Gasteiger charge is -2.07. The predicted octanol–water partition coefficient (Wildman–Crippen LogP) is 3.17. The highest BCUT2D eigenvalue weighted by molar-refractivity contribution is 8.18. The number of amides is 2. The van der Waals surface area contributed by atoms with Crippen molar-refractivity contribution in [3.8, 4) is 0 Å². The molecule has 8 heteroatoms. The summed E-state index contributed by atoms with van der Waals surface area (Å²) in [6, 6.07) is 1.95. The van der Waals surface area contributed by atoms with Gasteiger partial charge in [-0.2, -0.15) is 13.2 Å². The second-order valence-corrected chi connectivity index (χ2v) is 4.60. The molecule has 2 amide bonds. The van der Waals surface area contributed by atoms with Crippen molar-refractivity contribution in [3.63, 3.8) is 0 Å². The third-order valence-corrected chi connectivity index (χ3v) is 3.07. The van der Waals surface area contributed by atoms with Gasteiger partial charge in [0.25, 0.3) is 11.1 Å². The van der Waals surface area contributed by atoms with Crippen LogP contribution in [0.3, 0.4) is 0 Å². The number of nitrogens with one attached hydrogen (secondary N) is 1.